The van der Waals surface area contributed by atoms with E-state index in [9.17, 15) is 0 Å². The van der Waals surface area contributed by atoms with E-state index in [1.807, 2.05) is 0 Å². The van der Waals surface area contributed by atoms with Gasteiger partial charge in [-0.3, -0.25) is 0 Å². The SMILES string of the molecule is Cc1cccc(N2CCCC(CC#N)C2)c1C. The van der Waals surface area contributed by atoms with Crippen molar-refractivity contribution in [2.45, 2.75) is 33.1 Å². The lowest BCUT2D eigenvalue weighted by Gasteiger charge is -2.34. The summed E-state index contributed by atoms with van der Waals surface area (Å²) in [7, 11) is 0. The van der Waals surface area contributed by atoms with Crippen molar-refractivity contribution in [2.24, 2.45) is 5.92 Å². The highest BCUT2D eigenvalue weighted by Crippen LogP contribution is 2.28. The zero-order chi connectivity index (χ0) is 12.3. The molecule has 0 saturated carbocycles. The molecule has 1 aromatic rings. The summed E-state index contributed by atoms with van der Waals surface area (Å²) in [5.74, 6) is 0.550. The van der Waals surface area contributed by atoms with Gasteiger partial charge in [-0.1, -0.05) is 12.1 Å². The molecule has 2 heteroatoms. The summed E-state index contributed by atoms with van der Waals surface area (Å²) in [6, 6.07) is 8.81. The van der Waals surface area contributed by atoms with Crippen LogP contribution in [-0.2, 0) is 0 Å². The number of anilines is 1. The molecule has 1 aliphatic heterocycles. The third kappa shape index (κ3) is 2.61. The fourth-order valence-electron chi connectivity index (χ4n) is 2.66. The predicted octanol–water partition coefficient (Wildman–Crippen LogP) is 3.43. The lowest BCUT2D eigenvalue weighted by atomic mass is 9.94. The molecule has 90 valence electrons. The zero-order valence-corrected chi connectivity index (χ0v) is 10.7. The molecule has 0 N–H and O–H groups in total. The maximum atomic E-state index is 8.81. The van der Waals surface area contributed by atoms with E-state index in [1.54, 1.807) is 0 Å². The Labute approximate surface area is 104 Å². The van der Waals surface area contributed by atoms with Crippen LogP contribution in [-0.4, -0.2) is 13.1 Å². The monoisotopic (exact) mass is 228 g/mol. The van der Waals surface area contributed by atoms with E-state index in [-0.39, 0.29) is 0 Å². The molecule has 0 radical (unpaired) electrons. The molecule has 1 fully saturated rings. The maximum Gasteiger partial charge on any atom is 0.0625 e. The molecule has 17 heavy (non-hydrogen) atoms. The molecule has 1 aliphatic rings. The molecule has 0 aromatic heterocycles. The van der Waals surface area contributed by atoms with E-state index < -0.39 is 0 Å². The van der Waals surface area contributed by atoms with E-state index in [1.165, 1.54) is 29.7 Å². The molecule has 2 nitrogen and oxygen atoms in total. The van der Waals surface area contributed by atoms with Gasteiger partial charge in [-0.2, -0.15) is 5.26 Å². The van der Waals surface area contributed by atoms with Gasteiger partial charge in [0.05, 0.1) is 6.07 Å². The Kier molecular flexibility index (Phi) is 3.68. The van der Waals surface area contributed by atoms with Gasteiger partial charge in [0, 0.05) is 25.2 Å². The Hall–Kier alpha value is -1.49. The standard InChI is InChI=1S/C15H20N2/c1-12-5-3-7-15(13(12)2)17-10-4-6-14(11-17)8-9-16/h3,5,7,14H,4,6,8,10-11H2,1-2H3. The minimum absolute atomic E-state index is 0.550. The molecule has 2 rings (SSSR count). The van der Waals surface area contributed by atoms with Crippen LogP contribution in [0.3, 0.4) is 0 Å². The third-order valence-electron chi connectivity index (χ3n) is 3.82. The van der Waals surface area contributed by atoms with Gasteiger partial charge in [-0.25, -0.2) is 0 Å². The summed E-state index contributed by atoms with van der Waals surface area (Å²) in [6.45, 7) is 6.53. The van der Waals surface area contributed by atoms with E-state index in [0.29, 0.717) is 12.3 Å². The summed E-state index contributed by atoms with van der Waals surface area (Å²) in [5, 5.41) is 8.81. The van der Waals surface area contributed by atoms with Crippen LogP contribution in [0, 0.1) is 31.1 Å². The summed E-state index contributed by atoms with van der Waals surface area (Å²) < 4.78 is 0. The lowest BCUT2D eigenvalue weighted by Crippen LogP contribution is -2.35. The highest BCUT2D eigenvalue weighted by molar-refractivity contribution is 5.56. The van der Waals surface area contributed by atoms with Crippen molar-refractivity contribution in [2.75, 3.05) is 18.0 Å². The van der Waals surface area contributed by atoms with Crippen molar-refractivity contribution in [1.29, 1.82) is 5.26 Å². The second-order valence-corrected chi connectivity index (χ2v) is 5.04. The molecule has 0 amide bonds. The smallest absolute Gasteiger partial charge is 0.0625 e. The van der Waals surface area contributed by atoms with Crippen LogP contribution in [0.4, 0.5) is 5.69 Å². The van der Waals surface area contributed by atoms with E-state index >= 15 is 0 Å². The first kappa shape index (κ1) is 12.0. The van der Waals surface area contributed by atoms with Crippen LogP contribution in [0.25, 0.3) is 0 Å². The van der Waals surface area contributed by atoms with Gasteiger partial charge < -0.3 is 4.90 Å². The second-order valence-electron chi connectivity index (χ2n) is 5.04. The molecule has 0 bridgehead atoms. The van der Waals surface area contributed by atoms with Crippen molar-refractivity contribution < 1.29 is 0 Å². The number of piperidine rings is 1. The van der Waals surface area contributed by atoms with Gasteiger partial charge in [0.15, 0.2) is 0 Å². The van der Waals surface area contributed by atoms with Gasteiger partial charge in [-0.05, 0) is 49.8 Å². The minimum Gasteiger partial charge on any atom is -0.371 e. The van der Waals surface area contributed by atoms with Gasteiger partial charge in [0.2, 0.25) is 0 Å². The van der Waals surface area contributed by atoms with Gasteiger partial charge in [0.25, 0.3) is 0 Å². The minimum atomic E-state index is 0.550. The van der Waals surface area contributed by atoms with Crippen LogP contribution in [0.1, 0.15) is 30.4 Å². The Bertz CT molecular complexity index is 431. The number of aryl methyl sites for hydroxylation is 1. The fourth-order valence-corrected chi connectivity index (χ4v) is 2.66. The van der Waals surface area contributed by atoms with Crippen molar-refractivity contribution in [3.63, 3.8) is 0 Å². The average Bonchev–Trinajstić information content (AvgIpc) is 2.33. The number of hydrogen-bond donors (Lipinski definition) is 0. The molecule has 0 spiro atoms. The van der Waals surface area contributed by atoms with Crippen LogP contribution < -0.4 is 4.90 Å². The Morgan fingerprint density at radius 3 is 3.00 bits per heavy atom. The molecule has 0 aliphatic carbocycles. The van der Waals surface area contributed by atoms with Crippen molar-refractivity contribution in [3.8, 4) is 6.07 Å². The molecular formula is C15H20N2. The number of nitriles is 1. The number of benzene rings is 1. The number of hydrogen-bond acceptors (Lipinski definition) is 2. The molecule has 1 aromatic carbocycles. The van der Waals surface area contributed by atoms with Crippen molar-refractivity contribution in [3.05, 3.63) is 29.3 Å². The Balaban J connectivity index is 2.17. The van der Waals surface area contributed by atoms with Crippen molar-refractivity contribution in [1.82, 2.24) is 0 Å². The highest BCUT2D eigenvalue weighted by atomic mass is 15.1. The average molecular weight is 228 g/mol. The van der Waals surface area contributed by atoms with E-state index in [0.717, 1.165) is 13.1 Å². The van der Waals surface area contributed by atoms with Crippen LogP contribution >= 0.6 is 0 Å². The maximum absolute atomic E-state index is 8.81. The zero-order valence-electron chi connectivity index (χ0n) is 10.7. The van der Waals surface area contributed by atoms with Gasteiger partial charge in [0.1, 0.15) is 0 Å². The van der Waals surface area contributed by atoms with E-state index in [2.05, 4.69) is 43.0 Å². The Morgan fingerprint density at radius 1 is 1.41 bits per heavy atom. The normalized spacial score (nSPS) is 20.1. The van der Waals surface area contributed by atoms with Gasteiger partial charge in [-0.15, -0.1) is 0 Å². The largest absolute Gasteiger partial charge is 0.371 e. The summed E-state index contributed by atoms with van der Waals surface area (Å²) in [6.07, 6.45) is 3.11. The summed E-state index contributed by atoms with van der Waals surface area (Å²) >= 11 is 0. The highest BCUT2D eigenvalue weighted by Gasteiger charge is 2.20. The quantitative estimate of drug-likeness (QED) is 0.775. The second kappa shape index (κ2) is 5.23. The molecular weight excluding hydrogens is 208 g/mol. The summed E-state index contributed by atoms with van der Waals surface area (Å²) in [5.41, 5.74) is 4.09. The Morgan fingerprint density at radius 2 is 2.24 bits per heavy atom. The molecule has 1 unspecified atom stereocenters. The first-order chi connectivity index (χ1) is 8.22. The first-order valence-electron chi connectivity index (χ1n) is 6.40. The third-order valence-corrected chi connectivity index (χ3v) is 3.82. The van der Waals surface area contributed by atoms with Gasteiger partial charge >= 0.3 is 0 Å². The summed E-state index contributed by atoms with van der Waals surface area (Å²) in [4.78, 5) is 2.45. The lowest BCUT2D eigenvalue weighted by molar-refractivity contribution is 0.421. The fraction of sp³-hybridized carbons (Fsp3) is 0.533. The first-order valence-corrected chi connectivity index (χ1v) is 6.40. The van der Waals surface area contributed by atoms with Crippen LogP contribution in [0.5, 0.6) is 0 Å². The van der Waals surface area contributed by atoms with Crippen molar-refractivity contribution >= 4 is 5.69 Å². The van der Waals surface area contributed by atoms with E-state index in [4.69, 9.17) is 5.26 Å². The molecule has 1 heterocycles. The topological polar surface area (TPSA) is 27.0 Å². The van der Waals surface area contributed by atoms with Crippen LogP contribution in [0.2, 0.25) is 0 Å². The molecule has 1 saturated heterocycles. The number of nitrogens with zero attached hydrogens (tertiary/aromatic N) is 2. The molecule has 1 atom stereocenters. The number of rotatable bonds is 2. The predicted molar refractivity (Wildman–Crippen MR) is 71.1 cm³/mol. The van der Waals surface area contributed by atoms with Crippen LogP contribution in [0.15, 0.2) is 18.2 Å².